The Morgan fingerprint density at radius 1 is 1.07 bits per heavy atom. The van der Waals surface area contributed by atoms with Gasteiger partial charge in [-0.2, -0.15) is 0 Å². The molecule has 0 saturated heterocycles. The van der Waals surface area contributed by atoms with Crippen LogP contribution in [0.25, 0.3) is 33.2 Å². The van der Waals surface area contributed by atoms with Gasteiger partial charge in [-0.3, -0.25) is 25.0 Å². The summed E-state index contributed by atoms with van der Waals surface area (Å²) in [6, 6.07) is 8.44. The molecule has 2 aromatic carbocycles. The molecule has 0 atom stereocenters. The van der Waals surface area contributed by atoms with Crippen molar-refractivity contribution in [2.45, 2.75) is 13.0 Å². The molecule has 0 radical (unpaired) electrons. The fourth-order valence-electron chi connectivity index (χ4n) is 3.40. The number of non-ortho nitro benzene ring substituents is 2. The highest BCUT2D eigenvalue weighted by Crippen LogP contribution is 2.31. The first-order valence-electron chi connectivity index (χ1n) is 9.05. The first-order chi connectivity index (χ1) is 14.4. The normalized spacial score (nSPS) is 11.2. The summed E-state index contributed by atoms with van der Waals surface area (Å²) in [4.78, 5) is 40.9. The van der Waals surface area contributed by atoms with Gasteiger partial charge in [0, 0.05) is 48.0 Å². The third-order valence-corrected chi connectivity index (χ3v) is 4.82. The van der Waals surface area contributed by atoms with Crippen molar-refractivity contribution >= 4 is 33.3 Å². The van der Waals surface area contributed by atoms with Crippen LogP contribution in [0, 0.1) is 20.2 Å². The fraction of sp³-hybridized carbons (Fsp3) is 0.158. The second kappa shape index (κ2) is 7.37. The summed E-state index contributed by atoms with van der Waals surface area (Å²) in [6.45, 7) is 0.962. The third-order valence-electron chi connectivity index (χ3n) is 4.82. The van der Waals surface area contributed by atoms with Crippen molar-refractivity contribution in [1.82, 2.24) is 14.5 Å². The average molecular weight is 408 g/mol. The van der Waals surface area contributed by atoms with Gasteiger partial charge in [0.25, 0.3) is 16.9 Å². The summed E-state index contributed by atoms with van der Waals surface area (Å²) in [6.07, 6.45) is 2.37. The number of fused-ring (bicyclic) bond motifs is 2. The van der Waals surface area contributed by atoms with Crippen LogP contribution in [0.15, 0.2) is 47.4 Å². The number of nitro groups is 2. The Morgan fingerprint density at radius 2 is 1.77 bits per heavy atom. The lowest BCUT2D eigenvalue weighted by Gasteiger charge is -2.03. The molecule has 0 aliphatic rings. The maximum absolute atomic E-state index is 12.7. The minimum absolute atomic E-state index is 0.0613. The van der Waals surface area contributed by atoms with Crippen LogP contribution < -0.4 is 11.3 Å². The molecule has 4 aromatic rings. The number of aryl methyl sites for hydroxylation is 1. The number of nitro benzene ring substituents is 2. The Hall–Kier alpha value is -4.12. The van der Waals surface area contributed by atoms with E-state index in [1.807, 2.05) is 4.57 Å². The predicted octanol–water partition coefficient (Wildman–Crippen LogP) is 2.71. The highest BCUT2D eigenvalue weighted by Gasteiger charge is 2.18. The predicted molar refractivity (Wildman–Crippen MR) is 110 cm³/mol. The summed E-state index contributed by atoms with van der Waals surface area (Å²) < 4.78 is 1.81. The van der Waals surface area contributed by atoms with Crippen LogP contribution in [0.3, 0.4) is 0 Å². The Kier molecular flexibility index (Phi) is 4.72. The van der Waals surface area contributed by atoms with Crippen molar-refractivity contribution in [2.24, 2.45) is 5.73 Å². The number of rotatable bonds is 6. The molecule has 30 heavy (non-hydrogen) atoms. The average Bonchev–Trinajstić information content (AvgIpc) is 3.08. The van der Waals surface area contributed by atoms with E-state index in [9.17, 15) is 25.0 Å². The zero-order valence-corrected chi connectivity index (χ0v) is 15.6. The Bertz CT molecular complexity index is 1370. The molecule has 11 heteroatoms. The number of H-pyrrole nitrogens is 1. The minimum Gasteiger partial charge on any atom is -0.347 e. The van der Waals surface area contributed by atoms with Gasteiger partial charge in [-0.05, 0) is 25.1 Å². The Labute approximate surface area is 168 Å². The number of aromatic amines is 1. The second-order valence-corrected chi connectivity index (χ2v) is 6.71. The van der Waals surface area contributed by atoms with Crippen molar-refractivity contribution in [3.8, 4) is 11.3 Å². The summed E-state index contributed by atoms with van der Waals surface area (Å²) in [5.74, 6) is 0. The van der Waals surface area contributed by atoms with Crippen LogP contribution >= 0.6 is 0 Å². The zero-order chi connectivity index (χ0) is 21.4. The van der Waals surface area contributed by atoms with Gasteiger partial charge in [-0.15, -0.1) is 0 Å². The number of nitrogens with zero attached hydrogens (tertiary/aromatic N) is 4. The van der Waals surface area contributed by atoms with Gasteiger partial charge in [0.15, 0.2) is 0 Å². The van der Waals surface area contributed by atoms with Crippen LogP contribution in [-0.2, 0) is 6.54 Å². The van der Waals surface area contributed by atoms with Crippen LogP contribution in [-0.4, -0.2) is 30.9 Å². The maximum atomic E-state index is 12.7. The first-order valence-corrected chi connectivity index (χ1v) is 9.05. The quantitative estimate of drug-likeness (QED) is 0.366. The molecule has 0 amide bonds. The summed E-state index contributed by atoms with van der Waals surface area (Å²) in [7, 11) is 0. The molecule has 0 spiro atoms. The lowest BCUT2D eigenvalue weighted by molar-refractivity contribution is -0.384. The van der Waals surface area contributed by atoms with Gasteiger partial charge in [0.05, 0.1) is 26.4 Å². The summed E-state index contributed by atoms with van der Waals surface area (Å²) in [5.41, 5.74) is 6.74. The SMILES string of the molecule is NCCCn1cc(-c2nc3ccc([N+](=O)[O-])cc3[nH]c2=O)c2ccc([N+](=O)[O-])cc21. The van der Waals surface area contributed by atoms with E-state index in [1.165, 1.54) is 30.3 Å². The Balaban J connectivity index is 1.93. The summed E-state index contributed by atoms with van der Waals surface area (Å²) in [5, 5.41) is 22.8. The number of hydrogen-bond acceptors (Lipinski definition) is 7. The highest BCUT2D eigenvalue weighted by atomic mass is 16.6. The zero-order valence-electron chi connectivity index (χ0n) is 15.6. The number of benzene rings is 2. The van der Waals surface area contributed by atoms with E-state index in [2.05, 4.69) is 9.97 Å². The molecule has 4 rings (SSSR count). The van der Waals surface area contributed by atoms with Gasteiger partial charge >= 0.3 is 0 Å². The first kappa shape index (κ1) is 19.2. The van der Waals surface area contributed by atoms with Crippen molar-refractivity contribution in [1.29, 1.82) is 0 Å². The van der Waals surface area contributed by atoms with Gasteiger partial charge < -0.3 is 15.3 Å². The van der Waals surface area contributed by atoms with Gasteiger partial charge in [0.1, 0.15) is 5.69 Å². The van der Waals surface area contributed by atoms with Crippen molar-refractivity contribution in [2.75, 3.05) is 6.54 Å². The third kappa shape index (κ3) is 3.26. The highest BCUT2D eigenvalue weighted by molar-refractivity contribution is 5.97. The summed E-state index contributed by atoms with van der Waals surface area (Å²) >= 11 is 0. The molecule has 3 N–H and O–H groups in total. The molecular formula is C19H16N6O5. The van der Waals surface area contributed by atoms with E-state index in [4.69, 9.17) is 5.73 Å². The minimum atomic E-state index is -0.552. The Morgan fingerprint density at radius 3 is 2.47 bits per heavy atom. The van der Waals surface area contributed by atoms with Gasteiger partial charge in [0.2, 0.25) is 0 Å². The van der Waals surface area contributed by atoms with E-state index in [-0.39, 0.29) is 22.6 Å². The van der Waals surface area contributed by atoms with Crippen LogP contribution in [0.5, 0.6) is 0 Å². The van der Waals surface area contributed by atoms with Crippen LogP contribution in [0.4, 0.5) is 11.4 Å². The topological polar surface area (TPSA) is 163 Å². The van der Waals surface area contributed by atoms with Crippen molar-refractivity contribution in [3.63, 3.8) is 0 Å². The van der Waals surface area contributed by atoms with Crippen LogP contribution in [0.1, 0.15) is 6.42 Å². The molecule has 0 aliphatic heterocycles. The van der Waals surface area contributed by atoms with E-state index in [0.717, 1.165) is 0 Å². The molecule has 11 nitrogen and oxygen atoms in total. The van der Waals surface area contributed by atoms with Gasteiger partial charge in [-0.25, -0.2) is 4.98 Å². The molecule has 2 heterocycles. The van der Waals surface area contributed by atoms with E-state index >= 15 is 0 Å². The monoisotopic (exact) mass is 408 g/mol. The number of aromatic nitrogens is 3. The molecule has 0 saturated carbocycles. The molecule has 0 aliphatic carbocycles. The number of nitrogens with one attached hydrogen (secondary N) is 1. The maximum Gasteiger partial charge on any atom is 0.275 e. The largest absolute Gasteiger partial charge is 0.347 e. The number of nitrogens with two attached hydrogens (primary N) is 1. The lowest BCUT2D eigenvalue weighted by atomic mass is 10.1. The molecular weight excluding hydrogens is 392 g/mol. The molecule has 0 fully saturated rings. The van der Waals surface area contributed by atoms with E-state index in [0.29, 0.717) is 41.5 Å². The standard InChI is InChI=1S/C19H16N6O5/c20-6-1-7-23-10-14(13-4-2-12(25(29)30)9-17(13)23)18-19(26)22-16-8-11(24(27)28)3-5-15(16)21-18/h2-5,8-10H,1,6-7,20H2,(H,22,26). The number of hydrogen-bond donors (Lipinski definition) is 2. The molecule has 0 unspecified atom stereocenters. The smallest absolute Gasteiger partial charge is 0.275 e. The molecule has 0 bridgehead atoms. The lowest BCUT2D eigenvalue weighted by Crippen LogP contribution is -2.11. The van der Waals surface area contributed by atoms with E-state index < -0.39 is 15.4 Å². The van der Waals surface area contributed by atoms with Crippen LogP contribution in [0.2, 0.25) is 0 Å². The fourth-order valence-corrected chi connectivity index (χ4v) is 3.40. The second-order valence-electron chi connectivity index (χ2n) is 6.71. The molecule has 152 valence electrons. The van der Waals surface area contributed by atoms with E-state index in [1.54, 1.807) is 12.3 Å². The van der Waals surface area contributed by atoms with Crippen molar-refractivity contribution < 1.29 is 9.85 Å². The molecule has 2 aromatic heterocycles. The van der Waals surface area contributed by atoms with Gasteiger partial charge in [-0.1, -0.05) is 0 Å². The van der Waals surface area contributed by atoms with Crippen molar-refractivity contribution in [3.05, 3.63) is 73.2 Å².